The number of anilines is 2. The Balaban J connectivity index is 0.000000758. The van der Waals surface area contributed by atoms with Gasteiger partial charge >= 0.3 is 24.3 Å². The number of nitrogens with zero attached hydrogens (tertiary/aromatic N) is 5. The van der Waals surface area contributed by atoms with Crippen molar-refractivity contribution in [1.29, 1.82) is 0 Å². The van der Waals surface area contributed by atoms with Gasteiger partial charge in [-0.25, -0.2) is 19.6 Å². The maximum Gasteiger partial charge on any atom is 0.490 e. The number of hydrogen-bond donors (Lipinski definition) is 6. The first-order chi connectivity index (χ1) is 27.8. The molecule has 3 aromatic heterocycles. The fourth-order valence-electron chi connectivity index (χ4n) is 4.71. The number of carbonyl (C=O) groups excluding carboxylic acids is 3. The maximum absolute atomic E-state index is 13.3. The second kappa shape index (κ2) is 22.2. The molecular formula is C37H45F6N9O7S. The molecular weight excluding hydrogens is 829 g/mol. The number of nitrogens with one attached hydrogen (secondary N) is 3. The zero-order valence-corrected chi connectivity index (χ0v) is 34.1. The van der Waals surface area contributed by atoms with Crippen LogP contribution in [0.1, 0.15) is 68.6 Å². The Bertz CT molecular complexity index is 2100. The Morgan fingerprint density at radius 1 is 0.867 bits per heavy atom. The predicted molar refractivity (Wildman–Crippen MR) is 212 cm³/mol. The number of alkyl halides is 6. The van der Waals surface area contributed by atoms with Gasteiger partial charge in [0.15, 0.2) is 5.13 Å². The van der Waals surface area contributed by atoms with E-state index in [-0.39, 0.29) is 11.8 Å². The Morgan fingerprint density at radius 3 is 1.93 bits per heavy atom. The standard InChI is InChI=1S/C33H43N9O3S.2C2HF3O2/c1-21(2)13-14-27-28(32(45)35-15-10-16-40(3)4)38-33(46-27)39-31(44)26-18-24(20-42(26)6)37-30(43)25-17-23(19-41(25)5)36-29(34)22-11-8-7-9-12-22;2*3-2(4,5)1(6)7/h7-9,11-12,17-21H,10,13-16H2,1-6H3,(H2,34,36)(H,35,45)(H,37,43)(H,38,39,44);2*(H,6,7). The minimum absolute atomic E-state index is 0.240. The van der Waals surface area contributed by atoms with Crippen LogP contribution in [0, 0.1) is 5.92 Å². The number of aryl methyl sites for hydroxylation is 3. The number of carboxylic acids is 2. The SMILES string of the molecule is CC(C)CCc1sc(NC(=O)c2cc(NC(=O)c3cc(N=C(N)c4ccccc4)cn3C)cn2C)nc1C(=O)NCCCN(C)C.O=C(O)C(F)(F)F.O=C(O)C(F)(F)F. The van der Waals surface area contributed by atoms with E-state index in [0.29, 0.717) is 58.3 Å². The third-order valence-electron chi connectivity index (χ3n) is 7.67. The highest BCUT2D eigenvalue weighted by Gasteiger charge is 2.39. The van der Waals surface area contributed by atoms with Crippen molar-refractivity contribution in [2.24, 2.45) is 30.7 Å². The molecule has 0 spiro atoms. The lowest BCUT2D eigenvalue weighted by Gasteiger charge is -2.10. The van der Waals surface area contributed by atoms with Gasteiger partial charge in [0, 0.05) is 43.5 Å². The monoisotopic (exact) mass is 873 g/mol. The van der Waals surface area contributed by atoms with Crippen molar-refractivity contribution in [1.82, 2.24) is 24.3 Å². The molecule has 0 aliphatic rings. The Labute approximate surface area is 344 Å². The van der Waals surface area contributed by atoms with Crippen LogP contribution in [0.25, 0.3) is 0 Å². The minimum atomic E-state index is -5.08. The third kappa shape index (κ3) is 16.6. The van der Waals surface area contributed by atoms with Crippen LogP contribution in [-0.4, -0.2) is 104 Å². The van der Waals surface area contributed by atoms with E-state index in [0.717, 1.165) is 29.8 Å². The normalized spacial score (nSPS) is 11.6. The predicted octanol–water partition coefficient (Wildman–Crippen LogP) is 5.90. The topological polar surface area (TPSA) is 226 Å². The van der Waals surface area contributed by atoms with Crippen LogP contribution < -0.4 is 21.7 Å². The second-order valence-corrected chi connectivity index (χ2v) is 14.5. The summed E-state index contributed by atoms with van der Waals surface area (Å²) in [6.45, 7) is 5.66. The summed E-state index contributed by atoms with van der Waals surface area (Å²) >= 11 is 1.31. The number of amides is 3. The number of thiazole rings is 1. The molecule has 0 aliphatic heterocycles. The van der Waals surface area contributed by atoms with Crippen molar-refractivity contribution in [2.75, 3.05) is 37.8 Å². The molecule has 0 radical (unpaired) electrons. The van der Waals surface area contributed by atoms with Crippen molar-refractivity contribution in [2.45, 2.75) is 45.5 Å². The van der Waals surface area contributed by atoms with Gasteiger partial charge in [0.2, 0.25) is 0 Å². The van der Waals surface area contributed by atoms with Crippen LogP contribution in [0.5, 0.6) is 0 Å². The van der Waals surface area contributed by atoms with Crippen molar-refractivity contribution in [3.05, 3.63) is 82.4 Å². The van der Waals surface area contributed by atoms with E-state index in [4.69, 9.17) is 25.5 Å². The molecule has 3 amide bonds. The molecule has 7 N–H and O–H groups in total. The number of nitrogens with two attached hydrogens (primary N) is 1. The van der Waals surface area contributed by atoms with E-state index in [1.54, 1.807) is 47.8 Å². The van der Waals surface area contributed by atoms with Gasteiger partial charge in [0.05, 0.1) is 11.4 Å². The largest absolute Gasteiger partial charge is 0.490 e. The van der Waals surface area contributed by atoms with Gasteiger partial charge in [0.1, 0.15) is 22.9 Å². The molecule has 0 unspecified atom stereocenters. The zero-order valence-electron chi connectivity index (χ0n) is 33.2. The quantitative estimate of drug-likeness (QED) is 0.0381. The van der Waals surface area contributed by atoms with E-state index < -0.39 is 30.2 Å². The summed E-state index contributed by atoms with van der Waals surface area (Å²) in [7, 11) is 7.45. The second-order valence-electron chi connectivity index (χ2n) is 13.4. The molecule has 0 saturated heterocycles. The molecule has 0 saturated carbocycles. The number of aromatic nitrogens is 3. The van der Waals surface area contributed by atoms with E-state index in [2.05, 4.69) is 44.7 Å². The molecule has 60 heavy (non-hydrogen) atoms. The average Bonchev–Trinajstić information content (AvgIpc) is 3.84. The van der Waals surface area contributed by atoms with Gasteiger partial charge in [-0.05, 0) is 58.0 Å². The molecule has 328 valence electrons. The van der Waals surface area contributed by atoms with E-state index in [9.17, 15) is 40.7 Å². The Hall–Kier alpha value is -6.23. The Kier molecular flexibility index (Phi) is 18.5. The number of aliphatic imine (C=N–C) groups is 1. The lowest BCUT2D eigenvalue weighted by atomic mass is 10.1. The summed E-state index contributed by atoms with van der Waals surface area (Å²) in [5.74, 6) is -5.73. The van der Waals surface area contributed by atoms with Gasteiger partial charge in [-0.2, -0.15) is 26.3 Å². The highest BCUT2D eigenvalue weighted by atomic mass is 32.1. The third-order valence-corrected chi connectivity index (χ3v) is 8.70. The number of halogens is 6. The van der Waals surface area contributed by atoms with E-state index in [1.165, 1.54) is 11.3 Å². The maximum atomic E-state index is 13.3. The van der Waals surface area contributed by atoms with Gasteiger partial charge in [0.25, 0.3) is 17.7 Å². The number of carbonyl (C=O) groups is 5. The number of hydrogen-bond acceptors (Lipinski definition) is 9. The van der Waals surface area contributed by atoms with Crippen molar-refractivity contribution >= 4 is 63.3 Å². The molecule has 1 aromatic carbocycles. The lowest BCUT2D eigenvalue weighted by Crippen LogP contribution is -2.28. The van der Waals surface area contributed by atoms with Gasteiger partial charge in [-0.15, -0.1) is 11.3 Å². The molecule has 4 rings (SSSR count). The minimum Gasteiger partial charge on any atom is -0.475 e. The van der Waals surface area contributed by atoms with Crippen LogP contribution >= 0.6 is 11.3 Å². The summed E-state index contributed by atoms with van der Waals surface area (Å²) < 4.78 is 66.8. The summed E-state index contributed by atoms with van der Waals surface area (Å²) in [6.07, 6.45) is -4.38. The van der Waals surface area contributed by atoms with Crippen LogP contribution in [0.15, 0.2) is 59.9 Å². The molecule has 16 nitrogen and oxygen atoms in total. The summed E-state index contributed by atoms with van der Waals surface area (Å²) in [6, 6.07) is 12.6. The van der Waals surface area contributed by atoms with E-state index in [1.807, 2.05) is 44.4 Å². The fraction of sp³-hybridized carbons (Fsp3) is 0.378. The summed E-state index contributed by atoms with van der Waals surface area (Å²) in [5.41, 5.74) is 8.96. The molecule has 4 aromatic rings. The van der Waals surface area contributed by atoms with Crippen molar-refractivity contribution in [3.63, 3.8) is 0 Å². The zero-order chi connectivity index (χ0) is 45.5. The summed E-state index contributed by atoms with van der Waals surface area (Å²) in [4.78, 5) is 69.1. The van der Waals surface area contributed by atoms with Crippen LogP contribution in [0.4, 0.5) is 42.8 Å². The molecule has 23 heteroatoms. The number of aliphatic carboxylic acids is 2. The highest BCUT2D eigenvalue weighted by Crippen LogP contribution is 2.27. The van der Waals surface area contributed by atoms with Crippen molar-refractivity contribution < 1.29 is 60.5 Å². The number of amidine groups is 1. The average molecular weight is 874 g/mol. The van der Waals surface area contributed by atoms with Gasteiger partial charge < -0.3 is 40.6 Å². The number of benzene rings is 1. The molecule has 0 aliphatic carbocycles. The Morgan fingerprint density at radius 2 is 1.40 bits per heavy atom. The molecule has 0 fully saturated rings. The molecule has 0 bridgehead atoms. The van der Waals surface area contributed by atoms with Gasteiger partial charge in [-0.1, -0.05) is 44.2 Å². The van der Waals surface area contributed by atoms with Crippen LogP contribution in [-0.2, 0) is 30.1 Å². The van der Waals surface area contributed by atoms with E-state index >= 15 is 0 Å². The number of rotatable bonds is 14. The lowest BCUT2D eigenvalue weighted by molar-refractivity contribution is -0.193. The smallest absolute Gasteiger partial charge is 0.475 e. The first kappa shape index (κ1) is 49.9. The van der Waals surface area contributed by atoms with Crippen molar-refractivity contribution in [3.8, 4) is 0 Å². The first-order valence-electron chi connectivity index (χ1n) is 17.7. The fourth-order valence-corrected chi connectivity index (χ4v) is 5.68. The molecule has 3 heterocycles. The van der Waals surface area contributed by atoms with Crippen LogP contribution in [0.2, 0.25) is 0 Å². The number of carboxylic acid groups (broad SMARTS) is 2. The first-order valence-corrected chi connectivity index (χ1v) is 18.5. The molecule has 0 atom stereocenters. The van der Waals surface area contributed by atoms with Gasteiger partial charge in [-0.3, -0.25) is 19.7 Å². The summed E-state index contributed by atoms with van der Waals surface area (Å²) in [5, 5.41) is 23.3. The van der Waals surface area contributed by atoms with Crippen LogP contribution in [0.3, 0.4) is 0 Å². The highest BCUT2D eigenvalue weighted by molar-refractivity contribution is 7.16.